The molecule has 17 heavy (non-hydrogen) atoms. The minimum atomic E-state index is 0.414. The first-order chi connectivity index (χ1) is 8.27. The smallest absolute Gasteiger partial charge is 0.0465 e. The Hall–Kier alpha value is 0.230. The van der Waals surface area contributed by atoms with E-state index in [-0.39, 0.29) is 0 Å². The van der Waals surface area contributed by atoms with Crippen LogP contribution in [0.2, 0.25) is 0 Å². The average molecular weight is 260 g/mol. The van der Waals surface area contributed by atoms with Gasteiger partial charge in [0.1, 0.15) is 0 Å². The Labute approximate surface area is 110 Å². The summed E-state index contributed by atoms with van der Waals surface area (Å²) in [5.74, 6) is 7.37. The van der Waals surface area contributed by atoms with Gasteiger partial charge in [0.25, 0.3) is 0 Å². The first-order valence-electron chi connectivity index (χ1n) is 6.84. The summed E-state index contributed by atoms with van der Waals surface area (Å²) in [7, 11) is 1.76. The van der Waals surface area contributed by atoms with Gasteiger partial charge in [-0.1, -0.05) is 26.2 Å². The average Bonchev–Trinajstić information content (AvgIpc) is 2.38. The highest BCUT2D eigenvalue weighted by atomic mass is 32.2. The van der Waals surface area contributed by atoms with Crippen LogP contribution < -0.4 is 11.3 Å². The van der Waals surface area contributed by atoms with Crippen molar-refractivity contribution in [2.75, 3.05) is 19.5 Å². The number of methoxy groups -OCH3 is 1. The molecule has 0 bridgehead atoms. The van der Waals surface area contributed by atoms with Crippen molar-refractivity contribution in [2.24, 2.45) is 11.8 Å². The van der Waals surface area contributed by atoms with Crippen LogP contribution in [0.15, 0.2) is 0 Å². The summed E-state index contributed by atoms with van der Waals surface area (Å²) in [4.78, 5) is 0. The molecule has 0 aliphatic heterocycles. The highest BCUT2D eigenvalue weighted by Crippen LogP contribution is 2.29. The lowest BCUT2D eigenvalue weighted by atomic mass is 10.0. The summed E-state index contributed by atoms with van der Waals surface area (Å²) in [6, 6.07) is 0.414. The zero-order chi connectivity index (χ0) is 12.5. The fourth-order valence-corrected chi connectivity index (χ4v) is 3.92. The van der Waals surface area contributed by atoms with Crippen molar-refractivity contribution >= 4 is 11.8 Å². The van der Waals surface area contributed by atoms with Gasteiger partial charge in [-0.3, -0.25) is 11.3 Å². The third-order valence-electron chi connectivity index (χ3n) is 3.74. The van der Waals surface area contributed by atoms with E-state index in [4.69, 9.17) is 10.6 Å². The van der Waals surface area contributed by atoms with Crippen LogP contribution in [0.3, 0.4) is 0 Å². The lowest BCUT2D eigenvalue weighted by Crippen LogP contribution is -2.42. The third-order valence-corrected chi connectivity index (χ3v) is 5.24. The maximum Gasteiger partial charge on any atom is 0.0465 e. The Balaban J connectivity index is 2.20. The number of hydrazine groups is 1. The molecule has 1 saturated carbocycles. The van der Waals surface area contributed by atoms with Gasteiger partial charge in [-0.05, 0) is 25.2 Å². The molecule has 4 heteroatoms. The van der Waals surface area contributed by atoms with Crippen LogP contribution in [0.5, 0.6) is 0 Å². The Morgan fingerprint density at radius 3 is 2.65 bits per heavy atom. The van der Waals surface area contributed by atoms with Crippen LogP contribution in [0, 0.1) is 5.92 Å². The first kappa shape index (κ1) is 15.3. The molecule has 102 valence electrons. The monoisotopic (exact) mass is 260 g/mol. The van der Waals surface area contributed by atoms with E-state index >= 15 is 0 Å². The van der Waals surface area contributed by atoms with Gasteiger partial charge in [-0.15, -0.1) is 0 Å². The second-order valence-corrected chi connectivity index (χ2v) is 6.46. The number of nitrogens with two attached hydrogens (primary N) is 1. The molecule has 0 heterocycles. The summed E-state index contributed by atoms with van der Waals surface area (Å²) in [6.07, 6.45) is 8.13. The maximum atomic E-state index is 5.66. The van der Waals surface area contributed by atoms with Gasteiger partial charge in [-0.25, -0.2) is 0 Å². The van der Waals surface area contributed by atoms with Crippen LogP contribution >= 0.6 is 11.8 Å². The molecule has 2 unspecified atom stereocenters. The Kier molecular flexibility index (Phi) is 8.27. The number of ether oxygens (including phenoxy) is 1. The fourth-order valence-electron chi connectivity index (χ4n) is 2.35. The van der Waals surface area contributed by atoms with E-state index < -0.39 is 0 Å². The van der Waals surface area contributed by atoms with Crippen molar-refractivity contribution in [3.05, 3.63) is 0 Å². The van der Waals surface area contributed by atoms with Crippen molar-refractivity contribution in [1.82, 2.24) is 5.43 Å². The summed E-state index contributed by atoms with van der Waals surface area (Å²) < 4.78 is 5.13. The molecule has 0 aromatic heterocycles. The van der Waals surface area contributed by atoms with Gasteiger partial charge in [0, 0.05) is 30.8 Å². The maximum absolute atomic E-state index is 5.66. The standard InChI is InChI=1S/C13H28N2OS/c1-11(8-9-16-2)13(15-14)10-17-12-6-4-3-5-7-12/h11-13,15H,3-10,14H2,1-2H3. The molecule has 1 rings (SSSR count). The highest BCUT2D eigenvalue weighted by molar-refractivity contribution is 7.99. The number of hydrogen-bond donors (Lipinski definition) is 2. The van der Waals surface area contributed by atoms with Crippen LogP contribution in [-0.2, 0) is 4.74 Å². The van der Waals surface area contributed by atoms with E-state index in [9.17, 15) is 0 Å². The summed E-state index contributed by atoms with van der Waals surface area (Å²) in [5, 5.41) is 0.870. The molecule has 0 spiro atoms. The Morgan fingerprint density at radius 1 is 1.35 bits per heavy atom. The predicted octanol–water partition coefficient (Wildman–Crippen LogP) is 2.56. The molecule has 0 aromatic rings. The van der Waals surface area contributed by atoms with Gasteiger partial charge < -0.3 is 4.74 Å². The van der Waals surface area contributed by atoms with Crippen molar-refractivity contribution in [2.45, 2.75) is 56.7 Å². The molecule has 1 aliphatic rings. The van der Waals surface area contributed by atoms with E-state index in [1.165, 1.54) is 32.1 Å². The summed E-state index contributed by atoms with van der Waals surface area (Å²) in [5.41, 5.74) is 2.97. The van der Waals surface area contributed by atoms with Crippen molar-refractivity contribution in [3.63, 3.8) is 0 Å². The first-order valence-corrected chi connectivity index (χ1v) is 7.89. The number of thioether (sulfide) groups is 1. The largest absolute Gasteiger partial charge is 0.385 e. The minimum absolute atomic E-state index is 0.414. The lowest BCUT2D eigenvalue weighted by molar-refractivity contribution is 0.172. The second-order valence-electron chi connectivity index (χ2n) is 5.13. The van der Waals surface area contributed by atoms with Crippen LogP contribution in [-0.4, -0.2) is 30.8 Å². The third kappa shape index (κ3) is 6.09. The summed E-state index contributed by atoms with van der Waals surface area (Å²) >= 11 is 2.11. The number of rotatable bonds is 8. The molecule has 1 fully saturated rings. The van der Waals surface area contributed by atoms with Gasteiger partial charge in [0.2, 0.25) is 0 Å². The number of nitrogens with one attached hydrogen (secondary N) is 1. The molecule has 0 amide bonds. The van der Waals surface area contributed by atoms with Crippen molar-refractivity contribution < 1.29 is 4.74 Å². The van der Waals surface area contributed by atoms with E-state index in [2.05, 4.69) is 24.1 Å². The van der Waals surface area contributed by atoms with E-state index in [0.29, 0.717) is 12.0 Å². The van der Waals surface area contributed by atoms with Crippen LogP contribution in [0.25, 0.3) is 0 Å². The van der Waals surface area contributed by atoms with E-state index in [1.807, 2.05) is 0 Å². The minimum Gasteiger partial charge on any atom is -0.385 e. The quantitative estimate of drug-likeness (QED) is 0.520. The van der Waals surface area contributed by atoms with Gasteiger partial charge in [0.05, 0.1) is 0 Å². The lowest BCUT2D eigenvalue weighted by Gasteiger charge is -2.26. The Bertz CT molecular complexity index is 186. The highest BCUT2D eigenvalue weighted by Gasteiger charge is 2.19. The van der Waals surface area contributed by atoms with Crippen LogP contribution in [0.1, 0.15) is 45.4 Å². The van der Waals surface area contributed by atoms with Gasteiger partial charge in [0.15, 0.2) is 0 Å². The molecular formula is C13H28N2OS. The zero-order valence-corrected chi connectivity index (χ0v) is 12.1. The molecular weight excluding hydrogens is 232 g/mol. The normalized spacial score (nSPS) is 21.4. The topological polar surface area (TPSA) is 47.3 Å². The Morgan fingerprint density at radius 2 is 2.06 bits per heavy atom. The molecule has 3 N–H and O–H groups in total. The van der Waals surface area contributed by atoms with E-state index in [1.54, 1.807) is 7.11 Å². The van der Waals surface area contributed by atoms with E-state index in [0.717, 1.165) is 24.0 Å². The molecule has 2 atom stereocenters. The van der Waals surface area contributed by atoms with Gasteiger partial charge >= 0.3 is 0 Å². The van der Waals surface area contributed by atoms with Gasteiger partial charge in [-0.2, -0.15) is 11.8 Å². The molecule has 0 aromatic carbocycles. The molecule has 0 radical (unpaired) electrons. The predicted molar refractivity (Wildman–Crippen MR) is 76.1 cm³/mol. The molecule has 1 aliphatic carbocycles. The molecule has 0 saturated heterocycles. The fraction of sp³-hybridized carbons (Fsp3) is 1.00. The summed E-state index contributed by atoms with van der Waals surface area (Å²) in [6.45, 7) is 3.08. The van der Waals surface area contributed by atoms with Crippen molar-refractivity contribution in [3.8, 4) is 0 Å². The zero-order valence-electron chi connectivity index (χ0n) is 11.3. The number of hydrogen-bond acceptors (Lipinski definition) is 4. The van der Waals surface area contributed by atoms with Crippen LogP contribution in [0.4, 0.5) is 0 Å². The molecule has 3 nitrogen and oxygen atoms in total. The van der Waals surface area contributed by atoms with Crippen molar-refractivity contribution in [1.29, 1.82) is 0 Å². The second kappa shape index (κ2) is 9.20. The SMILES string of the molecule is COCCC(C)C(CSC1CCCCC1)NN.